The average molecular weight is 321 g/mol. The third kappa shape index (κ3) is 3.71. The number of hydrogen-bond acceptors (Lipinski definition) is 6. The molecule has 0 bridgehead atoms. The Morgan fingerprint density at radius 2 is 2.26 bits per heavy atom. The highest BCUT2D eigenvalue weighted by atomic mass is 32.3. The number of sulfonamides is 1. The van der Waals surface area contributed by atoms with Crippen LogP contribution in [0.15, 0.2) is 14.5 Å². The van der Waals surface area contributed by atoms with Gasteiger partial charge in [0.2, 0.25) is 10.0 Å². The van der Waals surface area contributed by atoms with Crippen LogP contribution in [0.25, 0.3) is 0 Å². The van der Waals surface area contributed by atoms with Gasteiger partial charge in [0.15, 0.2) is 0 Å². The van der Waals surface area contributed by atoms with E-state index in [0.29, 0.717) is 5.92 Å². The topological polar surface area (TPSA) is 75.4 Å². The van der Waals surface area contributed by atoms with Crippen molar-refractivity contribution in [3.05, 3.63) is 11.6 Å². The fourth-order valence-corrected chi connectivity index (χ4v) is 5.37. The van der Waals surface area contributed by atoms with Gasteiger partial charge in [0.05, 0.1) is 4.21 Å². The summed E-state index contributed by atoms with van der Waals surface area (Å²) in [4.78, 5) is 0. The van der Waals surface area contributed by atoms with Crippen LogP contribution in [-0.2, 0) is 10.0 Å². The van der Waals surface area contributed by atoms with Gasteiger partial charge in [0.1, 0.15) is 4.21 Å². The summed E-state index contributed by atoms with van der Waals surface area (Å²) in [6, 6.07) is 1.88. The van der Waals surface area contributed by atoms with Crippen molar-refractivity contribution in [3.63, 3.8) is 0 Å². The first kappa shape index (κ1) is 15.3. The molecule has 1 aromatic rings. The molecule has 19 heavy (non-hydrogen) atoms. The molecule has 0 saturated carbocycles. The highest BCUT2D eigenvalue weighted by molar-refractivity contribution is 7.99. The van der Waals surface area contributed by atoms with Gasteiger partial charge in [0.25, 0.3) is 0 Å². The number of thiophene rings is 1. The van der Waals surface area contributed by atoms with Crippen molar-refractivity contribution in [2.75, 3.05) is 20.1 Å². The minimum atomic E-state index is -3.61. The molecule has 0 aromatic carbocycles. The average Bonchev–Trinajstić information content (AvgIpc) is 2.68. The maximum atomic E-state index is 11.4. The van der Waals surface area contributed by atoms with Crippen LogP contribution in [0.4, 0.5) is 0 Å². The molecular weight excluding hydrogens is 302 g/mol. The van der Waals surface area contributed by atoms with Gasteiger partial charge < -0.3 is 5.32 Å². The van der Waals surface area contributed by atoms with Gasteiger partial charge in [-0.05, 0) is 43.1 Å². The van der Waals surface area contributed by atoms with Crippen molar-refractivity contribution in [2.45, 2.75) is 28.3 Å². The number of nitrogens with two attached hydrogens (primary N) is 1. The van der Waals surface area contributed by atoms with E-state index in [9.17, 15) is 8.42 Å². The lowest BCUT2D eigenvalue weighted by Crippen LogP contribution is -2.34. The second-order valence-corrected chi connectivity index (χ2v) is 9.42. The van der Waals surface area contributed by atoms with Gasteiger partial charge in [-0.1, -0.05) is 13.8 Å². The SMILES string of the molecule is CC(C)CNC1CN(C)Sc2sc(S(N)(=O)=O)cc21. The number of hydrogen-bond donors (Lipinski definition) is 2. The Hall–Kier alpha value is -0.120. The molecule has 2 rings (SSSR count). The van der Waals surface area contributed by atoms with E-state index in [1.807, 2.05) is 7.05 Å². The van der Waals surface area contributed by atoms with E-state index < -0.39 is 10.0 Å². The lowest BCUT2D eigenvalue weighted by molar-refractivity contribution is 0.396. The fraction of sp³-hybridized carbons (Fsp3) is 0.636. The molecule has 0 saturated heterocycles. The molecule has 5 nitrogen and oxygen atoms in total. The molecule has 0 radical (unpaired) electrons. The molecule has 1 unspecified atom stereocenters. The number of primary sulfonamides is 1. The minimum Gasteiger partial charge on any atom is -0.309 e. The molecule has 8 heteroatoms. The van der Waals surface area contributed by atoms with Gasteiger partial charge in [-0.15, -0.1) is 11.3 Å². The molecule has 108 valence electrons. The third-order valence-corrected chi connectivity index (χ3v) is 6.51. The van der Waals surface area contributed by atoms with Crippen LogP contribution in [0.5, 0.6) is 0 Å². The first-order chi connectivity index (χ1) is 8.77. The predicted molar refractivity (Wildman–Crippen MR) is 79.8 cm³/mol. The Morgan fingerprint density at radius 1 is 1.58 bits per heavy atom. The Balaban J connectivity index is 2.29. The van der Waals surface area contributed by atoms with Crippen LogP contribution in [0.1, 0.15) is 25.5 Å². The molecule has 1 atom stereocenters. The third-order valence-electron chi connectivity index (χ3n) is 2.81. The monoisotopic (exact) mass is 321 g/mol. The van der Waals surface area contributed by atoms with E-state index in [0.717, 1.165) is 22.9 Å². The molecule has 1 aliphatic heterocycles. The lowest BCUT2D eigenvalue weighted by Gasteiger charge is -2.30. The quantitative estimate of drug-likeness (QED) is 0.825. The second kappa shape index (κ2) is 5.71. The number of nitrogens with zero attached hydrogens (tertiary/aromatic N) is 1. The predicted octanol–water partition coefficient (Wildman–Crippen LogP) is 1.63. The summed E-state index contributed by atoms with van der Waals surface area (Å²) in [7, 11) is -1.60. The number of fused-ring (bicyclic) bond motifs is 1. The van der Waals surface area contributed by atoms with Crippen molar-refractivity contribution in [1.29, 1.82) is 0 Å². The zero-order valence-electron chi connectivity index (χ0n) is 11.2. The summed E-state index contributed by atoms with van der Waals surface area (Å²) in [6.45, 7) is 6.06. The zero-order chi connectivity index (χ0) is 14.2. The van der Waals surface area contributed by atoms with Crippen molar-refractivity contribution < 1.29 is 8.42 Å². The molecular formula is C11H19N3O2S3. The zero-order valence-corrected chi connectivity index (χ0v) is 13.7. The van der Waals surface area contributed by atoms with Crippen LogP contribution in [0, 0.1) is 5.92 Å². The molecule has 0 fully saturated rings. The largest absolute Gasteiger partial charge is 0.309 e. The van der Waals surface area contributed by atoms with Gasteiger partial charge in [0, 0.05) is 12.6 Å². The maximum absolute atomic E-state index is 11.4. The standard InChI is InChI=1S/C11H19N3O2S3/c1-7(2)5-13-9-6-14(3)18-11-8(9)4-10(17-11)19(12,15)16/h4,7,9,13H,5-6H2,1-3H3,(H2,12,15,16). The molecule has 0 aliphatic carbocycles. The maximum Gasteiger partial charge on any atom is 0.247 e. The highest BCUT2D eigenvalue weighted by Crippen LogP contribution is 2.42. The van der Waals surface area contributed by atoms with Crippen LogP contribution in [0.3, 0.4) is 0 Å². The fourth-order valence-electron chi connectivity index (χ4n) is 1.91. The molecule has 1 aromatic heterocycles. The summed E-state index contributed by atoms with van der Waals surface area (Å²) in [5.74, 6) is 0.555. The van der Waals surface area contributed by atoms with Gasteiger partial charge in [-0.2, -0.15) is 0 Å². The molecule has 2 heterocycles. The Morgan fingerprint density at radius 3 is 2.84 bits per heavy atom. The molecule has 0 amide bonds. The summed E-state index contributed by atoms with van der Waals surface area (Å²) in [5, 5.41) is 8.70. The molecule has 1 aliphatic rings. The normalized spacial score (nSPS) is 20.8. The van der Waals surface area contributed by atoms with Gasteiger partial charge in [-0.3, -0.25) is 0 Å². The van der Waals surface area contributed by atoms with Crippen molar-refractivity contribution in [2.24, 2.45) is 11.1 Å². The summed E-state index contributed by atoms with van der Waals surface area (Å²) < 4.78 is 26.3. The first-order valence-corrected chi connectivity index (χ1v) is 9.20. The second-order valence-electron chi connectivity index (χ2n) is 5.11. The summed E-state index contributed by atoms with van der Waals surface area (Å²) >= 11 is 2.83. The van der Waals surface area contributed by atoms with Crippen molar-refractivity contribution in [1.82, 2.24) is 9.62 Å². The lowest BCUT2D eigenvalue weighted by atomic mass is 10.1. The summed E-state index contributed by atoms with van der Waals surface area (Å²) in [6.07, 6.45) is 0. The first-order valence-electron chi connectivity index (χ1n) is 6.06. The Labute approximate surface area is 122 Å². The Bertz CT molecular complexity index is 554. The molecule has 3 N–H and O–H groups in total. The number of nitrogens with one attached hydrogen (secondary N) is 1. The Kier molecular flexibility index (Phi) is 4.59. The summed E-state index contributed by atoms with van der Waals surface area (Å²) in [5.41, 5.74) is 1.05. The number of likely N-dealkylation sites (N-methyl/N-ethyl adjacent to an activating group) is 1. The van der Waals surface area contributed by atoms with Gasteiger partial charge in [-0.25, -0.2) is 17.9 Å². The molecule has 0 spiro atoms. The number of rotatable bonds is 4. The van der Waals surface area contributed by atoms with Crippen molar-refractivity contribution >= 4 is 33.3 Å². The van der Waals surface area contributed by atoms with E-state index in [1.165, 1.54) is 11.3 Å². The van der Waals surface area contributed by atoms with Crippen LogP contribution in [0.2, 0.25) is 0 Å². The smallest absolute Gasteiger partial charge is 0.247 e. The van der Waals surface area contributed by atoms with E-state index in [2.05, 4.69) is 23.5 Å². The van der Waals surface area contributed by atoms with Gasteiger partial charge >= 0.3 is 0 Å². The van der Waals surface area contributed by atoms with Crippen LogP contribution < -0.4 is 10.5 Å². The van der Waals surface area contributed by atoms with E-state index >= 15 is 0 Å². The minimum absolute atomic E-state index is 0.162. The highest BCUT2D eigenvalue weighted by Gasteiger charge is 2.28. The van der Waals surface area contributed by atoms with E-state index in [1.54, 1.807) is 18.0 Å². The van der Waals surface area contributed by atoms with Crippen LogP contribution >= 0.6 is 23.3 Å². The van der Waals surface area contributed by atoms with E-state index in [4.69, 9.17) is 5.14 Å². The van der Waals surface area contributed by atoms with E-state index in [-0.39, 0.29) is 10.3 Å². The van der Waals surface area contributed by atoms with Crippen molar-refractivity contribution in [3.8, 4) is 0 Å². The van der Waals surface area contributed by atoms with Crippen LogP contribution in [-0.4, -0.2) is 32.9 Å².